The highest BCUT2D eigenvalue weighted by Crippen LogP contribution is 2.37. The molecule has 106 valence electrons. The van der Waals surface area contributed by atoms with Gasteiger partial charge in [-0.05, 0) is 82.5 Å². The van der Waals surface area contributed by atoms with E-state index >= 15 is 0 Å². The zero-order valence-corrected chi connectivity index (χ0v) is 13.3. The molecule has 1 saturated carbocycles. The van der Waals surface area contributed by atoms with Crippen LogP contribution in [0.5, 0.6) is 0 Å². The van der Waals surface area contributed by atoms with Gasteiger partial charge in [-0.1, -0.05) is 23.7 Å². The van der Waals surface area contributed by atoms with Crippen molar-refractivity contribution < 1.29 is 0 Å². The molecule has 2 rings (SSSR count). The molecule has 0 aromatic heterocycles. The van der Waals surface area contributed by atoms with Gasteiger partial charge in [-0.2, -0.15) is 0 Å². The van der Waals surface area contributed by atoms with Gasteiger partial charge >= 0.3 is 0 Å². The third kappa shape index (κ3) is 4.22. The Balaban J connectivity index is 1.89. The Hall–Kier alpha value is -0.530. The van der Waals surface area contributed by atoms with Crippen LogP contribution in [-0.4, -0.2) is 12.1 Å². The minimum atomic E-state index is 0.224. The molecule has 1 aromatic carbocycles. The van der Waals surface area contributed by atoms with E-state index in [1.807, 2.05) is 0 Å². The summed E-state index contributed by atoms with van der Waals surface area (Å²) in [5, 5.41) is 4.57. The van der Waals surface area contributed by atoms with Gasteiger partial charge < -0.3 is 5.32 Å². The van der Waals surface area contributed by atoms with Gasteiger partial charge in [0, 0.05) is 10.6 Å². The van der Waals surface area contributed by atoms with E-state index in [2.05, 4.69) is 51.2 Å². The van der Waals surface area contributed by atoms with Crippen LogP contribution >= 0.6 is 11.6 Å². The zero-order chi connectivity index (χ0) is 14.0. The highest BCUT2D eigenvalue weighted by atomic mass is 35.5. The molecule has 0 heterocycles. The number of hydrogen-bond donors (Lipinski definition) is 1. The minimum absolute atomic E-state index is 0.224. The number of rotatable bonds is 4. The minimum Gasteiger partial charge on any atom is -0.312 e. The van der Waals surface area contributed by atoms with E-state index in [0.717, 1.165) is 29.8 Å². The van der Waals surface area contributed by atoms with Crippen molar-refractivity contribution in [2.45, 2.75) is 52.5 Å². The first-order valence-corrected chi connectivity index (χ1v) is 7.73. The van der Waals surface area contributed by atoms with Crippen LogP contribution in [0.25, 0.3) is 0 Å². The smallest absolute Gasteiger partial charge is 0.0440 e. The van der Waals surface area contributed by atoms with E-state index in [1.54, 1.807) is 0 Å². The standard InChI is InChI=1S/C17H26ClN/c1-12-5-6-14(16(18)9-12)10-13-7-8-15(13)11-19-17(2,3)4/h5-6,9,13,15,19H,7-8,10-11H2,1-4H3. The van der Waals surface area contributed by atoms with E-state index in [1.165, 1.54) is 24.0 Å². The fourth-order valence-electron chi connectivity index (χ4n) is 2.71. The van der Waals surface area contributed by atoms with Gasteiger partial charge in [0.2, 0.25) is 0 Å². The van der Waals surface area contributed by atoms with Crippen LogP contribution in [-0.2, 0) is 6.42 Å². The van der Waals surface area contributed by atoms with Crippen molar-refractivity contribution in [3.8, 4) is 0 Å². The molecular formula is C17H26ClN. The summed E-state index contributed by atoms with van der Waals surface area (Å²) in [6, 6.07) is 6.45. The Bertz CT molecular complexity index is 433. The van der Waals surface area contributed by atoms with E-state index in [0.29, 0.717) is 0 Å². The molecule has 1 aliphatic rings. The van der Waals surface area contributed by atoms with Gasteiger partial charge in [0.25, 0.3) is 0 Å². The summed E-state index contributed by atoms with van der Waals surface area (Å²) < 4.78 is 0. The Labute approximate surface area is 122 Å². The van der Waals surface area contributed by atoms with Crippen molar-refractivity contribution in [1.29, 1.82) is 0 Å². The number of benzene rings is 1. The van der Waals surface area contributed by atoms with E-state index in [4.69, 9.17) is 11.6 Å². The van der Waals surface area contributed by atoms with Crippen LogP contribution in [0.3, 0.4) is 0 Å². The Kier molecular flexibility index (Phi) is 4.58. The van der Waals surface area contributed by atoms with Crippen LogP contribution in [0, 0.1) is 18.8 Å². The maximum Gasteiger partial charge on any atom is 0.0440 e. The molecule has 0 saturated heterocycles. The summed E-state index contributed by atoms with van der Waals surface area (Å²) in [4.78, 5) is 0. The molecule has 0 aliphatic heterocycles. The number of halogens is 1. The van der Waals surface area contributed by atoms with Crippen molar-refractivity contribution in [3.05, 3.63) is 34.3 Å². The van der Waals surface area contributed by atoms with Gasteiger partial charge in [0.1, 0.15) is 0 Å². The highest BCUT2D eigenvalue weighted by molar-refractivity contribution is 6.31. The van der Waals surface area contributed by atoms with Gasteiger partial charge in [-0.3, -0.25) is 0 Å². The molecule has 1 nitrogen and oxygen atoms in total. The summed E-state index contributed by atoms with van der Waals surface area (Å²) in [6.45, 7) is 9.93. The Morgan fingerprint density at radius 2 is 1.89 bits per heavy atom. The molecule has 0 spiro atoms. The maximum atomic E-state index is 6.34. The lowest BCUT2D eigenvalue weighted by Gasteiger charge is -2.39. The molecule has 19 heavy (non-hydrogen) atoms. The van der Waals surface area contributed by atoms with Crippen LogP contribution in [0.15, 0.2) is 18.2 Å². The van der Waals surface area contributed by atoms with Crippen LogP contribution in [0.2, 0.25) is 5.02 Å². The predicted octanol–water partition coefficient (Wildman–Crippen LogP) is 4.61. The van der Waals surface area contributed by atoms with E-state index < -0.39 is 0 Å². The van der Waals surface area contributed by atoms with Gasteiger partial charge in [0.05, 0.1) is 0 Å². The third-order valence-electron chi connectivity index (χ3n) is 4.16. The predicted molar refractivity (Wildman–Crippen MR) is 83.9 cm³/mol. The van der Waals surface area contributed by atoms with Crippen LogP contribution in [0.1, 0.15) is 44.7 Å². The molecule has 1 aliphatic carbocycles. The Morgan fingerprint density at radius 3 is 2.42 bits per heavy atom. The van der Waals surface area contributed by atoms with Crippen molar-refractivity contribution in [1.82, 2.24) is 5.32 Å². The van der Waals surface area contributed by atoms with Crippen molar-refractivity contribution in [2.75, 3.05) is 6.54 Å². The fraction of sp³-hybridized carbons (Fsp3) is 0.647. The van der Waals surface area contributed by atoms with Crippen LogP contribution < -0.4 is 5.32 Å². The van der Waals surface area contributed by atoms with Crippen LogP contribution in [0.4, 0.5) is 0 Å². The average Bonchev–Trinajstić information content (AvgIpc) is 2.24. The SMILES string of the molecule is Cc1ccc(CC2CCC2CNC(C)(C)C)c(Cl)c1. The van der Waals surface area contributed by atoms with Gasteiger partial charge in [-0.25, -0.2) is 0 Å². The number of hydrogen-bond acceptors (Lipinski definition) is 1. The lowest BCUT2D eigenvalue weighted by Crippen LogP contribution is -2.44. The van der Waals surface area contributed by atoms with E-state index in [9.17, 15) is 0 Å². The normalized spacial score (nSPS) is 23.2. The summed E-state index contributed by atoms with van der Waals surface area (Å²) in [7, 11) is 0. The first-order chi connectivity index (χ1) is 8.85. The first-order valence-electron chi connectivity index (χ1n) is 7.35. The fourth-order valence-corrected chi connectivity index (χ4v) is 3.03. The second-order valence-electron chi connectivity index (χ2n) is 7.03. The van der Waals surface area contributed by atoms with Gasteiger partial charge in [-0.15, -0.1) is 0 Å². The summed E-state index contributed by atoms with van der Waals surface area (Å²) >= 11 is 6.34. The first kappa shape index (κ1) is 14.9. The summed E-state index contributed by atoms with van der Waals surface area (Å²) in [6.07, 6.45) is 3.84. The molecule has 2 atom stereocenters. The quantitative estimate of drug-likeness (QED) is 0.849. The summed E-state index contributed by atoms with van der Waals surface area (Å²) in [5.74, 6) is 1.62. The second kappa shape index (κ2) is 5.85. The zero-order valence-electron chi connectivity index (χ0n) is 12.6. The monoisotopic (exact) mass is 279 g/mol. The molecule has 1 N–H and O–H groups in total. The molecule has 0 amide bonds. The highest BCUT2D eigenvalue weighted by Gasteiger charge is 2.31. The number of nitrogens with one attached hydrogen (secondary N) is 1. The largest absolute Gasteiger partial charge is 0.312 e. The summed E-state index contributed by atoms with van der Waals surface area (Å²) in [5.41, 5.74) is 2.78. The molecule has 1 aromatic rings. The molecule has 2 heteroatoms. The average molecular weight is 280 g/mol. The molecule has 1 fully saturated rings. The lowest BCUT2D eigenvalue weighted by molar-refractivity contribution is 0.159. The molecule has 2 unspecified atom stereocenters. The molecule has 0 radical (unpaired) electrons. The molecule has 0 bridgehead atoms. The number of aryl methyl sites for hydroxylation is 1. The van der Waals surface area contributed by atoms with Crippen molar-refractivity contribution >= 4 is 11.6 Å². The van der Waals surface area contributed by atoms with E-state index in [-0.39, 0.29) is 5.54 Å². The second-order valence-corrected chi connectivity index (χ2v) is 7.43. The van der Waals surface area contributed by atoms with Crippen molar-refractivity contribution in [2.24, 2.45) is 11.8 Å². The molecular weight excluding hydrogens is 254 g/mol. The van der Waals surface area contributed by atoms with Crippen molar-refractivity contribution in [3.63, 3.8) is 0 Å². The topological polar surface area (TPSA) is 12.0 Å². The maximum absolute atomic E-state index is 6.34. The van der Waals surface area contributed by atoms with Gasteiger partial charge in [0.15, 0.2) is 0 Å². The third-order valence-corrected chi connectivity index (χ3v) is 4.51. The Morgan fingerprint density at radius 1 is 1.21 bits per heavy atom. The lowest BCUT2D eigenvalue weighted by atomic mass is 9.70.